The Morgan fingerprint density at radius 1 is 1.86 bits per heavy atom. The van der Waals surface area contributed by atoms with Gasteiger partial charge >= 0.3 is 0 Å². The third-order valence-electron chi connectivity index (χ3n) is 0.687. The third-order valence-corrected chi connectivity index (χ3v) is 0.687. The zero-order valence-electron chi connectivity index (χ0n) is 4.52. The smallest absolute Gasteiger partial charge is 0.0917 e. The first-order valence-electron chi connectivity index (χ1n) is 2.26. The molecule has 0 saturated carbocycles. The number of hydrogen-bond donors (Lipinski definition) is 1. The van der Waals surface area contributed by atoms with Gasteiger partial charge in [-0.05, 0) is 13.0 Å². The molecule has 0 aliphatic carbocycles. The van der Waals surface area contributed by atoms with E-state index in [1.54, 1.807) is 19.1 Å². The molecule has 0 bridgehead atoms. The van der Waals surface area contributed by atoms with Crippen LogP contribution in [0.15, 0.2) is 24.5 Å². The fourth-order valence-electron chi connectivity index (χ4n) is 0.266. The summed E-state index contributed by atoms with van der Waals surface area (Å²) in [6.45, 7) is 5.24. The van der Waals surface area contributed by atoms with Crippen LogP contribution in [0.5, 0.6) is 0 Å². The van der Waals surface area contributed by atoms with Gasteiger partial charge in [0.05, 0.1) is 5.76 Å². The van der Waals surface area contributed by atoms with Gasteiger partial charge in [-0.1, -0.05) is 6.08 Å². The van der Waals surface area contributed by atoms with Crippen LogP contribution in [0, 0.1) is 0 Å². The topological polar surface area (TPSA) is 20.2 Å². The molecular weight excluding hydrogens is 88.1 g/mol. The highest BCUT2D eigenvalue weighted by molar-refractivity contribution is 4.93. The first kappa shape index (κ1) is 6.28. The molecule has 7 heavy (non-hydrogen) atoms. The second kappa shape index (κ2) is 3.47. The van der Waals surface area contributed by atoms with Crippen LogP contribution in [-0.4, -0.2) is 5.11 Å². The van der Waals surface area contributed by atoms with Gasteiger partial charge in [0.15, 0.2) is 0 Å². The summed E-state index contributed by atoms with van der Waals surface area (Å²) in [6.07, 6.45) is 3.90. The Bertz CT molecular complexity index is 82.2. The van der Waals surface area contributed by atoms with Gasteiger partial charge in [-0.25, -0.2) is 0 Å². The molecule has 0 atom stereocenters. The Hall–Kier alpha value is -0.720. The van der Waals surface area contributed by atoms with Crippen molar-refractivity contribution < 1.29 is 5.11 Å². The van der Waals surface area contributed by atoms with Crippen molar-refractivity contribution in [3.05, 3.63) is 24.5 Å². The van der Waals surface area contributed by atoms with Crippen molar-refractivity contribution in [1.82, 2.24) is 0 Å². The highest BCUT2D eigenvalue weighted by Crippen LogP contribution is 1.93. The number of aliphatic hydroxyl groups excluding tert-OH is 1. The zero-order valence-corrected chi connectivity index (χ0v) is 4.52. The fourth-order valence-corrected chi connectivity index (χ4v) is 0.266. The summed E-state index contributed by atoms with van der Waals surface area (Å²) >= 11 is 0. The average Bonchev–Trinajstić information content (AvgIpc) is 1.68. The monoisotopic (exact) mass is 98.1 g/mol. The van der Waals surface area contributed by atoms with Crippen molar-refractivity contribution >= 4 is 0 Å². The number of hydrogen-bond acceptors (Lipinski definition) is 1. The van der Waals surface area contributed by atoms with Crippen LogP contribution in [-0.2, 0) is 0 Å². The van der Waals surface area contributed by atoms with E-state index < -0.39 is 0 Å². The lowest BCUT2D eigenvalue weighted by Crippen LogP contribution is -1.72. The Morgan fingerprint density at radius 2 is 2.43 bits per heavy atom. The minimum atomic E-state index is 0.384. The molecule has 0 aromatic carbocycles. The molecule has 0 unspecified atom stereocenters. The lowest BCUT2D eigenvalue weighted by Gasteiger charge is -1.86. The lowest BCUT2D eigenvalue weighted by molar-refractivity contribution is 0.400. The normalized spacial score (nSPS) is 11.3. The van der Waals surface area contributed by atoms with E-state index in [1.807, 2.05) is 0 Å². The van der Waals surface area contributed by atoms with E-state index in [0.717, 1.165) is 0 Å². The van der Waals surface area contributed by atoms with Crippen molar-refractivity contribution in [2.45, 2.75) is 13.3 Å². The van der Waals surface area contributed by atoms with Gasteiger partial charge in [0.25, 0.3) is 0 Å². The summed E-state index contributed by atoms with van der Waals surface area (Å²) in [4.78, 5) is 0. The van der Waals surface area contributed by atoms with Crippen LogP contribution in [0.25, 0.3) is 0 Å². The minimum Gasteiger partial charge on any atom is -0.512 e. The molecule has 0 amide bonds. The molecule has 0 aliphatic rings. The average molecular weight is 98.1 g/mol. The molecular formula is C6H10O. The Morgan fingerprint density at radius 3 is 2.57 bits per heavy atom. The second-order valence-corrected chi connectivity index (χ2v) is 1.27. The highest BCUT2D eigenvalue weighted by atomic mass is 16.3. The van der Waals surface area contributed by atoms with Crippen molar-refractivity contribution in [3.8, 4) is 0 Å². The van der Waals surface area contributed by atoms with Gasteiger partial charge in [0, 0.05) is 6.42 Å². The highest BCUT2D eigenvalue weighted by Gasteiger charge is 1.79. The maximum absolute atomic E-state index is 8.65. The van der Waals surface area contributed by atoms with Gasteiger partial charge in [-0.3, -0.25) is 0 Å². The SMILES string of the molecule is C=CCC(O)=CC. The number of aliphatic hydroxyl groups is 1. The lowest BCUT2D eigenvalue weighted by atomic mass is 10.3. The van der Waals surface area contributed by atoms with Gasteiger partial charge < -0.3 is 5.11 Å². The largest absolute Gasteiger partial charge is 0.512 e. The van der Waals surface area contributed by atoms with Crippen LogP contribution in [0.2, 0.25) is 0 Å². The summed E-state index contributed by atoms with van der Waals surface area (Å²) < 4.78 is 0. The molecule has 0 saturated heterocycles. The summed E-state index contributed by atoms with van der Waals surface area (Å²) in [7, 11) is 0. The molecule has 0 aliphatic heterocycles. The van der Waals surface area contributed by atoms with Crippen LogP contribution in [0.3, 0.4) is 0 Å². The van der Waals surface area contributed by atoms with Crippen molar-refractivity contribution in [3.63, 3.8) is 0 Å². The van der Waals surface area contributed by atoms with E-state index >= 15 is 0 Å². The first-order valence-corrected chi connectivity index (χ1v) is 2.26. The summed E-state index contributed by atoms with van der Waals surface area (Å²) in [5, 5.41) is 8.65. The van der Waals surface area contributed by atoms with E-state index in [2.05, 4.69) is 6.58 Å². The van der Waals surface area contributed by atoms with E-state index in [0.29, 0.717) is 12.2 Å². The van der Waals surface area contributed by atoms with Gasteiger partial charge in [0.1, 0.15) is 0 Å². The van der Waals surface area contributed by atoms with Crippen LogP contribution in [0.4, 0.5) is 0 Å². The summed E-state index contributed by atoms with van der Waals surface area (Å²) in [5.74, 6) is 0.384. The quantitative estimate of drug-likeness (QED) is 0.414. The van der Waals surface area contributed by atoms with Gasteiger partial charge in [-0.2, -0.15) is 0 Å². The van der Waals surface area contributed by atoms with Crippen LogP contribution < -0.4 is 0 Å². The van der Waals surface area contributed by atoms with Gasteiger partial charge in [-0.15, -0.1) is 6.58 Å². The van der Waals surface area contributed by atoms with Crippen molar-refractivity contribution in [2.24, 2.45) is 0 Å². The predicted molar refractivity (Wildman–Crippen MR) is 31.2 cm³/mol. The second-order valence-electron chi connectivity index (χ2n) is 1.27. The molecule has 0 aromatic rings. The zero-order chi connectivity index (χ0) is 5.70. The predicted octanol–water partition coefficient (Wildman–Crippen LogP) is 2.02. The number of rotatable bonds is 2. The molecule has 0 heterocycles. The minimum absolute atomic E-state index is 0.384. The maximum atomic E-state index is 8.65. The Balaban J connectivity index is 3.36. The van der Waals surface area contributed by atoms with Crippen LogP contribution >= 0.6 is 0 Å². The van der Waals surface area contributed by atoms with Crippen molar-refractivity contribution in [1.29, 1.82) is 0 Å². The van der Waals surface area contributed by atoms with Gasteiger partial charge in [0.2, 0.25) is 0 Å². The molecule has 1 heteroatoms. The van der Waals surface area contributed by atoms with Crippen molar-refractivity contribution in [2.75, 3.05) is 0 Å². The van der Waals surface area contributed by atoms with E-state index in [-0.39, 0.29) is 0 Å². The Kier molecular flexibility index (Phi) is 3.11. The van der Waals surface area contributed by atoms with Crippen LogP contribution in [0.1, 0.15) is 13.3 Å². The van der Waals surface area contributed by atoms with E-state index in [1.165, 1.54) is 0 Å². The molecule has 0 rings (SSSR count). The number of allylic oxidation sites excluding steroid dienone is 2. The standard InChI is InChI=1S/C6H10O/c1-3-5-6(7)4-2/h3-4,7H,1,5H2,2H3. The molecule has 0 radical (unpaired) electrons. The fraction of sp³-hybridized carbons (Fsp3) is 0.333. The summed E-state index contributed by atoms with van der Waals surface area (Å²) in [6, 6.07) is 0. The molecule has 1 nitrogen and oxygen atoms in total. The van der Waals surface area contributed by atoms with E-state index in [4.69, 9.17) is 5.11 Å². The first-order chi connectivity index (χ1) is 3.31. The molecule has 40 valence electrons. The maximum Gasteiger partial charge on any atom is 0.0917 e. The summed E-state index contributed by atoms with van der Waals surface area (Å²) in [5.41, 5.74) is 0. The molecule has 0 spiro atoms. The molecule has 0 fully saturated rings. The van der Waals surface area contributed by atoms with E-state index in [9.17, 15) is 0 Å². The Labute approximate surface area is 44.0 Å². The molecule has 0 aromatic heterocycles. The molecule has 1 N–H and O–H groups in total. The third kappa shape index (κ3) is 3.10.